The molecule has 1 saturated heterocycles. The summed E-state index contributed by atoms with van der Waals surface area (Å²) in [4.78, 5) is 20.1. The minimum atomic E-state index is -0.675. The van der Waals surface area contributed by atoms with E-state index >= 15 is 0 Å². The standard InChI is InChI=1S/C42H57N3O5/c1-30(8-7-12-41(48)45(34-18-24-49-25-19-34)23-6-5-9-35(47)29-46)32-14-13-31(2)33(26-32)27-44-42(20-21-42)39-28-43-22-17-37(39)38-10-3-4-11-40(38)50-36-15-16-36/h3-4,10-11,13-14,17,22,26,28,30,34-36,44,46-47H,5-9,12,15-16,18-21,23-25,27,29H2,1-2H3. The van der Waals surface area contributed by atoms with Gasteiger partial charge >= 0.3 is 0 Å². The van der Waals surface area contributed by atoms with Crippen molar-refractivity contribution in [3.63, 3.8) is 0 Å². The molecule has 270 valence electrons. The van der Waals surface area contributed by atoms with Crippen LogP contribution in [0.15, 0.2) is 60.9 Å². The van der Waals surface area contributed by atoms with Gasteiger partial charge in [-0.1, -0.05) is 43.3 Å². The molecule has 6 rings (SSSR count). The van der Waals surface area contributed by atoms with Gasteiger partial charge in [0.1, 0.15) is 5.75 Å². The minimum Gasteiger partial charge on any atom is -0.490 e. The highest BCUT2D eigenvalue weighted by Gasteiger charge is 2.46. The summed E-state index contributed by atoms with van der Waals surface area (Å²) in [5, 5.41) is 22.8. The minimum absolute atomic E-state index is 0.0975. The first-order valence-corrected chi connectivity index (χ1v) is 19.1. The summed E-state index contributed by atoms with van der Waals surface area (Å²) in [6, 6.07) is 17.6. The quantitative estimate of drug-likeness (QED) is 0.115. The lowest BCUT2D eigenvalue weighted by atomic mass is 9.91. The van der Waals surface area contributed by atoms with Crippen LogP contribution in [0.4, 0.5) is 0 Å². The van der Waals surface area contributed by atoms with Crippen molar-refractivity contribution in [1.82, 2.24) is 15.2 Å². The van der Waals surface area contributed by atoms with E-state index in [1.165, 1.54) is 27.8 Å². The number of benzene rings is 2. The van der Waals surface area contributed by atoms with Crippen molar-refractivity contribution in [2.45, 2.75) is 127 Å². The highest BCUT2D eigenvalue weighted by atomic mass is 16.5. The van der Waals surface area contributed by atoms with Crippen LogP contribution in [0.5, 0.6) is 5.75 Å². The number of aliphatic hydroxyl groups is 2. The van der Waals surface area contributed by atoms with Gasteiger partial charge in [-0.25, -0.2) is 0 Å². The number of unbranched alkanes of at least 4 members (excludes halogenated alkanes) is 1. The molecule has 8 nitrogen and oxygen atoms in total. The lowest BCUT2D eigenvalue weighted by Crippen LogP contribution is -2.44. The van der Waals surface area contributed by atoms with E-state index < -0.39 is 6.10 Å². The molecule has 2 heterocycles. The van der Waals surface area contributed by atoms with Crippen LogP contribution in [0.2, 0.25) is 0 Å². The number of rotatable bonds is 19. The summed E-state index contributed by atoms with van der Waals surface area (Å²) in [6.07, 6.45) is 14.3. The Kier molecular flexibility index (Phi) is 12.6. The van der Waals surface area contributed by atoms with Crippen molar-refractivity contribution < 1.29 is 24.5 Å². The summed E-state index contributed by atoms with van der Waals surface area (Å²) in [5.74, 6) is 1.54. The zero-order chi connectivity index (χ0) is 34.9. The van der Waals surface area contributed by atoms with Gasteiger partial charge in [0.15, 0.2) is 0 Å². The van der Waals surface area contributed by atoms with Crippen LogP contribution >= 0.6 is 0 Å². The molecule has 1 aliphatic heterocycles. The van der Waals surface area contributed by atoms with Crippen molar-refractivity contribution in [2.75, 3.05) is 26.4 Å². The Morgan fingerprint density at radius 1 is 1.04 bits per heavy atom. The number of carbonyl (C=O) groups excluding carboxylic acids is 1. The zero-order valence-electron chi connectivity index (χ0n) is 30.1. The van der Waals surface area contributed by atoms with E-state index in [0.717, 1.165) is 82.1 Å². The fourth-order valence-electron chi connectivity index (χ4n) is 7.42. The summed E-state index contributed by atoms with van der Waals surface area (Å²) in [6.45, 7) is 7.16. The molecule has 3 N–H and O–H groups in total. The van der Waals surface area contributed by atoms with Gasteiger partial charge in [-0.3, -0.25) is 9.78 Å². The van der Waals surface area contributed by atoms with Gasteiger partial charge in [0.05, 0.1) is 18.8 Å². The number of aromatic nitrogens is 1. The molecule has 2 atom stereocenters. The first-order valence-electron chi connectivity index (χ1n) is 19.1. The van der Waals surface area contributed by atoms with E-state index in [0.29, 0.717) is 44.6 Å². The Morgan fingerprint density at radius 3 is 2.60 bits per heavy atom. The summed E-state index contributed by atoms with van der Waals surface area (Å²) >= 11 is 0. The molecule has 2 aliphatic carbocycles. The van der Waals surface area contributed by atoms with Crippen molar-refractivity contribution in [3.8, 4) is 16.9 Å². The Morgan fingerprint density at radius 2 is 1.84 bits per heavy atom. The van der Waals surface area contributed by atoms with Gasteiger partial charge in [-0.05, 0) is 123 Å². The molecule has 2 aromatic carbocycles. The van der Waals surface area contributed by atoms with Crippen LogP contribution < -0.4 is 10.1 Å². The molecule has 3 aliphatic rings. The van der Waals surface area contributed by atoms with E-state index in [1.54, 1.807) is 0 Å². The van der Waals surface area contributed by atoms with E-state index in [-0.39, 0.29) is 24.1 Å². The lowest BCUT2D eigenvalue weighted by molar-refractivity contribution is -0.135. The highest BCUT2D eigenvalue weighted by molar-refractivity contribution is 5.76. The molecule has 8 heteroatoms. The van der Waals surface area contributed by atoms with Gasteiger partial charge < -0.3 is 29.9 Å². The molecule has 2 saturated carbocycles. The van der Waals surface area contributed by atoms with Gasteiger partial charge in [-0.2, -0.15) is 0 Å². The Labute approximate surface area is 298 Å². The molecular weight excluding hydrogens is 626 g/mol. The predicted octanol–water partition coefficient (Wildman–Crippen LogP) is 7.18. The number of hydrogen-bond donors (Lipinski definition) is 3. The molecule has 1 aromatic heterocycles. The average molecular weight is 684 g/mol. The number of amides is 1. The first kappa shape index (κ1) is 36.5. The Hall–Kier alpha value is -3.30. The molecule has 3 aromatic rings. The second-order valence-electron chi connectivity index (χ2n) is 14.9. The molecule has 3 fully saturated rings. The number of hydrogen-bond acceptors (Lipinski definition) is 7. The molecular formula is C42H57N3O5. The molecule has 50 heavy (non-hydrogen) atoms. The number of carbonyl (C=O) groups is 1. The number of para-hydroxylation sites is 1. The summed E-state index contributed by atoms with van der Waals surface area (Å²) < 4.78 is 11.9. The lowest BCUT2D eigenvalue weighted by Gasteiger charge is -2.34. The van der Waals surface area contributed by atoms with E-state index in [2.05, 4.69) is 77.6 Å². The van der Waals surface area contributed by atoms with Crippen LogP contribution in [-0.4, -0.2) is 70.6 Å². The third kappa shape index (κ3) is 9.52. The van der Waals surface area contributed by atoms with Crippen molar-refractivity contribution in [1.29, 1.82) is 0 Å². The number of pyridine rings is 1. The largest absolute Gasteiger partial charge is 0.490 e. The van der Waals surface area contributed by atoms with Crippen molar-refractivity contribution in [2.24, 2.45) is 0 Å². The predicted molar refractivity (Wildman–Crippen MR) is 197 cm³/mol. The zero-order valence-corrected chi connectivity index (χ0v) is 30.1. The second-order valence-corrected chi connectivity index (χ2v) is 14.9. The van der Waals surface area contributed by atoms with E-state index in [1.807, 2.05) is 12.4 Å². The van der Waals surface area contributed by atoms with Crippen LogP contribution in [0.3, 0.4) is 0 Å². The van der Waals surface area contributed by atoms with Gasteiger partial charge in [0.25, 0.3) is 0 Å². The number of nitrogens with zero attached hydrogens (tertiary/aromatic N) is 2. The maximum Gasteiger partial charge on any atom is 0.222 e. The number of aliphatic hydroxyl groups excluding tert-OH is 2. The normalized spacial score (nSPS) is 18.4. The van der Waals surface area contributed by atoms with Gasteiger partial charge in [-0.15, -0.1) is 0 Å². The Balaban J connectivity index is 1.05. The van der Waals surface area contributed by atoms with Crippen LogP contribution in [0, 0.1) is 6.92 Å². The second kappa shape index (κ2) is 17.3. The van der Waals surface area contributed by atoms with Crippen LogP contribution in [0.1, 0.15) is 112 Å². The molecule has 0 bridgehead atoms. The molecule has 1 amide bonds. The molecule has 2 unspecified atom stereocenters. The topological polar surface area (TPSA) is 104 Å². The fraction of sp³-hybridized carbons (Fsp3) is 0.571. The summed E-state index contributed by atoms with van der Waals surface area (Å²) in [7, 11) is 0. The van der Waals surface area contributed by atoms with Crippen LogP contribution in [-0.2, 0) is 21.6 Å². The number of nitrogens with one attached hydrogen (secondary N) is 1. The number of ether oxygens (including phenoxy) is 2. The molecule has 0 radical (unpaired) electrons. The van der Waals surface area contributed by atoms with Crippen LogP contribution in [0.25, 0.3) is 11.1 Å². The third-order valence-corrected chi connectivity index (χ3v) is 11.0. The maximum atomic E-state index is 13.5. The van der Waals surface area contributed by atoms with Gasteiger partial charge in [0.2, 0.25) is 5.91 Å². The third-order valence-electron chi connectivity index (χ3n) is 11.0. The first-order chi connectivity index (χ1) is 24.4. The fourth-order valence-corrected chi connectivity index (χ4v) is 7.42. The van der Waals surface area contributed by atoms with Crippen molar-refractivity contribution in [3.05, 3.63) is 83.2 Å². The SMILES string of the molecule is Cc1ccc(C(C)CCCC(=O)N(CCCCC(O)CO)C2CCOCC2)cc1CNC1(c2cnccc2-c2ccccc2OC2CC2)CC1. The smallest absolute Gasteiger partial charge is 0.222 e. The highest BCUT2D eigenvalue weighted by Crippen LogP contribution is 2.50. The monoisotopic (exact) mass is 683 g/mol. The maximum absolute atomic E-state index is 13.5. The van der Waals surface area contributed by atoms with E-state index in [9.17, 15) is 9.90 Å². The van der Waals surface area contributed by atoms with Crippen molar-refractivity contribution >= 4 is 5.91 Å². The van der Waals surface area contributed by atoms with E-state index in [4.69, 9.17) is 14.6 Å². The number of aryl methyl sites for hydroxylation is 1. The van der Waals surface area contributed by atoms with Gasteiger partial charge in [0, 0.05) is 62.3 Å². The average Bonchev–Trinajstić information content (AvgIpc) is 4.09. The Bertz CT molecular complexity index is 1550. The molecule has 0 spiro atoms. The summed E-state index contributed by atoms with van der Waals surface area (Å²) in [5.41, 5.74) is 7.41.